The van der Waals surface area contributed by atoms with Crippen LogP contribution < -0.4 is 10.2 Å². The van der Waals surface area contributed by atoms with Crippen molar-refractivity contribution < 1.29 is 4.74 Å². The highest BCUT2D eigenvalue weighted by Gasteiger charge is 2.12. The van der Waals surface area contributed by atoms with E-state index in [0.29, 0.717) is 29.3 Å². The topological polar surface area (TPSA) is 78.7 Å². The molecule has 0 aliphatic heterocycles. The van der Waals surface area contributed by atoms with Gasteiger partial charge < -0.3 is 10.2 Å². The molecule has 6 nitrogen and oxygen atoms in total. The van der Waals surface area contributed by atoms with E-state index in [1.165, 1.54) is 0 Å². The Labute approximate surface area is 115 Å². The Morgan fingerprint density at radius 3 is 3.05 bits per heavy atom. The average molecular weight is 275 g/mol. The third kappa shape index (κ3) is 2.74. The predicted molar refractivity (Wildman–Crippen MR) is 73.9 cm³/mol. The van der Waals surface area contributed by atoms with Gasteiger partial charge in [-0.3, -0.25) is 0 Å². The number of methoxy groups -OCH3 is 1. The maximum absolute atomic E-state index is 8.56. The van der Waals surface area contributed by atoms with Crippen molar-refractivity contribution in [3.05, 3.63) is 29.0 Å². The normalized spacial score (nSPS) is 9.89. The number of ether oxygens (including phenoxy) is 1. The number of aromatic amines is 1. The molecule has 0 unspecified atom stereocenters. The molecule has 2 rings (SSSR count). The number of nitrogens with zero attached hydrogens (tertiary/aromatic N) is 3. The van der Waals surface area contributed by atoms with Crippen molar-refractivity contribution in [3.8, 4) is 23.2 Å². The van der Waals surface area contributed by atoms with Gasteiger partial charge in [0.05, 0.1) is 25.2 Å². The monoisotopic (exact) mass is 275 g/mol. The second kappa shape index (κ2) is 6.02. The maximum atomic E-state index is 8.56. The van der Waals surface area contributed by atoms with E-state index in [-0.39, 0.29) is 0 Å². The molecule has 19 heavy (non-hydrogen) atoms. The van der Waals surface area contributed by atoms with E-state index in [2.05, 4.69) is 21.7 Å². The fourth-order valence-electron chi connectivity index (χ4n) is 1.68. The summed E-state index contributed by atoms with van der Waals surface area (Å²) < 4.78 is 7.40. The number of nitrogens with one attached hydrogen (secondary N) is 2. The summed E-state index contributed by atoms with van der Waals surface area (Å²) in [5, 5.41) is 15.5. The first-order chi connectivity index (χ1) is 9.27. The minimum Gasteiger partial charge on any atom is -0.496 e. The lowest BCUT2D eigenvalue weighted by atomic mass is 10.2. The van der Waals surface area contributed by atoms with Crippen LogP contribution in [0.4, 0.5) is 0 Å². The first-order valence-corrected chi connectivity index (χ1v) is 6.10. The Balaban J connectivity index is 2.40. The molecule has 0 atom stereocenters. The summed E-state index contributed by atoms with van der Waals surface area (Å²) in [4.78, 5) is 0. The third-order valence-corrected chi connectivity index (χ3v) is 2.80. The van der Waals surface area contributed by atoms with Gasteiger partial charge in [-0.25, -0.2) is 9.77 Å². The molecule has 0 aliphatic carbocycles. The van der Waals surface area contributed by atoms with Gasteiger partial charge in [0.1, 0.15) is 5.75 Å². The van der Waals surface area contributed by atoms with E-state index in [1.54, 1.807) is 11.8 Å². The molecular formula is C12H13N5OS. The number of rotatable bonds is 5. The van der Waals surface area contributed by atoms with Crippen LogP contribution in [0.1, 0.15) is 6.42 Å². The molecule has 2 N–H and O–H groups in total. The standard InChI is InChI=1S/C12H13N5OS/c1-18-10-6-3-2-5-9(10)11-15-16-12(19)17(11)14-8-4-7-13/h2-3,5-6,14H,4,8H2,1H3,(H,16,19). The molecule has 1 aromatic carbocycles. The lowest BCUT2D eigenvalue weighted by Gasteiger charge is -2.10. The Morgan fingerprint density at radius 2 is 2.32 bits per heavy atom. The number of H-pyrrole nitrogens is 1. The highest BCUT2D eigenvalue weighted by atomic mass is 32.1. The predicted octanol–water partition coefficient (Wildman–Crippen LogP) is 2.07. The van der Waals surface area contributed by atoms with Crippen molar-refractivity contribution in [2.24, 2.45) is 0 Å². The first kappa shape index (κ1) is 13.1. The molecular weight excluding hydrogens is 262 g/mol. The van der Waals surface area contributed by atoms with Crippen LogP contribution in [0.2, 0.25) is 0 Å². The van der Waals surface area contributed by atoms with Gasteiger partial charge >= 0.3 is 0 Å². The summed E-state index contributed by atoms with van der Waals surface area (Å²) in [6.07, 6.45) is 0.387. The summed E-state index contributed by atoms with van der Waals surface area (Å²) in [6.45, 7) is 0.493. The Kier molecular flexibility index (Phi) is 4.15. The maximum Gasteiger partial charge on any atom is 0.214 e. The summed E-state index contributed by atoms with van der Waals surface area (Å²) >= 11 is 5.16. The third-order valence-electron chi connectivity index (χ3n) is 2.53. The molecule has 0 amide bonds. The van der Waals surface area contributed by atoms with E-state index >= 15 is 0 Å². The minimum absolute atomic E-state index is 0.387. The highest BCUT2D eigenvalue weighted by molar-refractivity contribution is 7.71. The van der Waals surface area contributed by atoms with Crippen LogP contribution >= 0.6 is 12.2 Å². The molecule has 7 heteroatoms. The van der Waals surface area contributed by atoms with E-state index in [9.17, 15) is 0 Å². The second-order valence-corrected chi connectivity index (χ2v) is 4.09. The van der Waals surface area contributed by atoms with Crippen molar-refractivity contribution in [1.29, 1.82) is 5.26 Å². The molecule has 0 radical (unpaired) electrons. The summed E-state index contributed by atoms with van der Waals surface area (Å²) in [5.74, 6) is 1.33. The van der Waals surface area contributed by atoms with Gasteiger partial charge in [-0.2, -0.15) is 10.4 Å². The van der Waals surface area contributed by atoms with Gasteiger partial charge in [0.15, 0.2) is 5.82 Å². The van der Waals surface area contributed by atoms with Crippen LogP contribution in [0.25, 0.3) is 11.4 Å². The van der Waals surface area contributed by atoms with Crippen molar-refractivity contribution in [3.63, 3.8) is 0 Å². The minimum atomic E-state index is 0.387. The average Bonchev–Trinajstić information content (AvgIpc) is 2.80. The largest absolute Gasteiger partial charge is 0.496 e. The molecule has 0 saturated carbocycles. The molecule has 0 aliphatic rings. The van der Waals surface area contributed by atoms with Gasteiger partial charge in [-0.1, -0.05) is 12.1 Å². The number of aromatic nitrogens is 3. The smallest absolute Gasteiger partial charge is 0.214 e. The Bertz CT molecular complexity index is 655. The zero-order valence-electron chi connectivity index (χ0n) is 10.4. The van der Waals surface area contributed by atoms with Crippen molar-refractivity contribution in [2.45, 2.75) is 6.42 Å². The molecule has 0 spiro atoms. The molecule has 0 saturated heterocycles. The van der Waals surface area contributed by atoms with Gasteiger partial charge in [-0.05, 0) is 24.4 Å². The van der Waals surface area contributed by atoms with E-state index in [1.807, 2.05) is 24.3 Å². The molecule has 0 bridgehead atoms. The van der Waals surface area contributed by atoms with Crippen LogP contribution in [0.3, 0.4) is 0 Å². The first-order valence-electron chi connectivity index (χ1n) is 5.69. The van der Waals surface area contributed by atoms with Gasteiger partial charge in [-0.15, -0.1) is 0 Å². The Hall–Kier alpha value is -2.33. The van der Waals surface area contributed by atoms with Crippen LogP contribution in [0, 0.1) is 16.1 Å². The van der Waals surface area contributed by atoms with E-state index in [4.69, 9.17) is 22.2 Å². The van der Waals surface area contributed by atoms with E-state index < -0.39 is 0 Å². The number of nitriles is 1. The lowest BCUT2D eigenvalue weighted by molar-refractivity contribution is 0.416. The Morgan fingerprint density at radius 1 is 1.53 bits per heavy atom. The van der Waals surface area contributed by atoms with Gasteiger partial charge in [0.2, 0.25) is 4.77 Å². The quantitative estimate of drug-likeness (QED) is 0.645. The van der Waals surface area contributed by atoms with Crippen molar-refractivity contribution in [2.75, 3.05) is 19.1 Å². The fourth-order valence-corrected chi connectivity index (χ4v) is 1.87. The molecule has 1 heterocycles. The van der Waals surface area contributed by atoms with Gasteiger partial charge in [0.25, 0.3) is 0 Å². The number of para-hydroxylation sites is 1. The van der Waals surface area contributed by atoms with Crippen LogP contribution in [-0.2, 0) is 0 Å². The summed E-state index contributed by atoms with van der Waals surface area (Å²) in [6, 6.07) is 9.60. The summed E-state index contributed by atoms with van der Waals surface area (Å²) in [7, 11) is 1.60. The molecule has 1 aromatic heterocycles. The van der Waals surface area contributed by atoms with Crippen molar-refractivity contribution in [1.82, 2.24) is 14.9 Å². The second-order valence-electron chi connectivity index (χ2n) is 3.70. The van der Waals surface area contributed by atoms with Crippen LogP contribution in [0.5, 0.6) is 5.75 Å². The zero-order chi connectivity index (χ0) is 13.7. The SMILES string of the molecule is COc1ccccc1-c1n[nH]c(=S)n1NCCC#N. The molecule has 98 valence electrons. The molecule has 2 aromatic rings. The number of benzene rings is 1. The lowest BCUT2D eigenvalue weighted by Crippen LogP contribution is -2.17. The van der Waals surface area contributed by atoms with E-state index in [0.717, 1.165) is 5.56 Å². The van der Waals surface area contributed by atoms with Gasteiger partial charge in [0, 0.05) is 6.54 Å². The van der Waals surface area contributed by atoms with Crippen LogP contribution in [-0.4, -0.2) is 28.5 Å². The molecule has 0 fully saturated rings. The highest BCUT2D eigenvalue weighted by Crippen LogP contribution is 2.27. The van der Waals surface area contributed by atoms with Crippen LogP contribution in [0.15, 0.2) is 24.3 Å². The van der Waals surface area contributed by atoms with Crippen molar-refractivity contribution >= 4 is 12.2 Å². The fraction of sp³-hybridized carbons (Fsp3) is 0.250. The number of hydrogen-bond acceptors (Lipinski definition) is 5. The summed E-state index contributed by atoms with van der Waals surface area (Å²) in [5.41, 5.74) is 3.87. The number of hydrogen-bond donors (Lipinski definition) is 2. The zero-order valence-corrected chi connectivity index (χ0v) is 11.2.